The van der Waals surface area contributed by atoms with Gasteiger partial charge in [-0.25, -0.2) is 4.39 Å². The molecule has 140 valence electrons. The Kier molecular flexibility index (Phi) is 6.21. The summed E-state index contributed by atoms with van der Waals surface area (Å²) in [6.07, 6.45) is 0. The van der Waals surface area contributed by atoms with Crippen LogP contribution in [0, 0.1) is 12.7 Å². The third-order valence-corrected chi connectivity index (χ3v) is 5.02. The van der Waals surface area contributed by atoms with E-state index in [1.165, 1.54) is 23.5 Å². The van der Waals surface area contributed by atoms with Gasteiger partial charge < -0.3 is 14.8 Å². The quantitative estimate of drug-likeness (QED) is 0.573. The number of carbonyl (C=O) groups is 1. The molecule has 27 heavy (non-hydrogen) atoms. The number of methoxy groups -OCH3 is 1. The van der Waals surface area contributed by atoms with Crippen LogP contribution in [0.4, 0.5) is 10.1 Å². The zero-order valence-corrected chi connectivity index (χ0v) is 15.9. The number of halogens is 1. The Labute approximate surface area is 161 Å². The van der Waals surface area contributed by atoms with E-state index in [0.29, 0.717) is 29.5 Å². The molecule has 0 aliphatic carbocycles. The second-order valence-electron chi connectivity index (χ2n) is 5.97. The summed E-state index contributed by atoms with van der Waals surface area (Å²) in [4.78, 5) is 14.1. The number of ether oxygens (including phenoxy) is 2. The molecule has 3 aromatic rings. The Balaban J connectivity index is 1.75. The fraction of sp³-hybridized carbons (Fsp3) is 0.190. The van der Waals surface area contributed by atoms with Gasteiger partial charge in [-0.05, 0) is 54.4 Å². The van der Waals surface area contributed by atoms with Crippen LogP contribution in [-0.2, 0) is 4.74 Å². The van der Waals surface area contributed by atoms with Gasteiger partial charge in [0, 0.05) is 12.0 Å². The van der Waals surface area contributed by atoms with Crippen LogP contribution in [0.2, 0.25) is 0 Å². The van der Waals surface area contributed by atoms with Crippen molar-refractivity contribution >= 4 is 22.9 Å². The molecule has 0 fully saturated rings. The minimum atomic E-state index is -0.284. The topological polar surface area (TPSA) is 47.6 Å². The molecule has 3 rings (SSSR count). The summed E-state index contributed by atoms with van der Waals surface area (Å²) in [5.41, 5.74) is 2.52. The van der Waals surface area contributed by atoms with E-state index in [4.69, 9.17) is 9.47 Å². The van der Waals surface area contributed by atoms with Gasteiger partial charge in [-0.1, -0.05) is 18.2 Å². The molecule has 0 aliphatic rings. The van der Waals surface area contributed by atoms with Gasteiger partial charge in [0.15, 0.2) is 0 Å². The number of carbonyl (C=O) groups excluding carboxylic acids is 1. The monoisotopic (exact) mass is 385 g/mol. The average molecular weight is 385 g/mol. The van der Waals surface area contributed by atoms with Gasteiger partial charge in [0.25, 0.3) is 5.91 Å². The number of amides is 1. The third kappa shape index (κ3) is 4.93. The van der Waals surface area contributed by atoms with Gasteiger partial charge in [0.05, 0.1) is 17.2 Å². The minimum Gasteiger partial charge on any atom is -0.489 e. The van der Waals surface area contributed by atoms with E-state index in [2.05, 4.69) is 5.32 Å². The lowest BCUT2D eigenvalue weighted by Gasteiger charge is -2.13. The van der Waals surface area contributed by atoms with E-state index >= 15 is 0 Å². The van der Waals surface area contributed by atoms with Crippen LogP contribution in [-0.4, -0.2) is 26.2 Å². The van der Waals surface area contributed by atoms with Crippen LogP contribution in [0.5, 0.6) is 5.75 Å². The second-order valence-corrected chi connectivity index (χ2v) is 7.05. The number of hydrogen-bond acceptors (Lipinski definition) is 4. The van der Waals surface area contributed by atoms with Crippen molar-refractivity contribution in [3.63, 3.8) is 0 Å². The highest BCUT2D eigenvalue weighted by Gasteiger charge is 2.13. The zero-order valence-electron chi connectivity index (χ0n) is 15.1. The van der Waals surface area contributed by atoms with Crippen LogP contribution in [0.3, 0.4) is 0 Å². The first kappa shape index (κ1) is 19.1. The van der Waals surface area contributed by atoms with E-state index in [-0.39, 0.29) is 11.7 Å². The van der Waals surface area contributed by atoms with Gasteiger partial charge in [-0.3, -0.25) is 4.79 Å². The normalized spacial score (nSPS) is 10.6. The zero-order chi connectivity index (χ0) is 19.2. The molecule has 0 saturated carbocycles. The highest BCUT2D eigenvalue weighted by molar-refractivity contribution is 7.17. The maximum atomic E-state index is 13.1. The highest BCUT2D eigenvalue weighted by Crippen LogP contribution is 2.30. The molecule has 1 amide bonds. The van der Waals surface area contributed by atoms with Crippen molar-refractivity contribution in [2.75, 3.05) is 25.6 Å². The Morgan fingerprint density at radius 3 is 2.59 bits per heavy atom. The lowest BCUT2D eigenvalue weighted by atomic mass is 10.2. The Morgan fingerprint density at radius 1 is 1.07 bits per heavy atom. The summed E-state index contributed by atoms with van der Waals surface area (Å²) in [5.74, 6) is 0.109. The minimum absolute atomic E-state index is 0.214. The molecule has 0 saturated heterocycles. The van der Waals surface area contributed by atoms with Gasteiger partial charge >= 0.3 is 0 Å². The fourth-order valence-corrected chi connectivity index (χ4v) is 3.41. The van der Waals surface area contributed by atoms with Crippen molar-refractivity contribution < 1.29 is 18.7 Å². The van der Waals surface area contributed by atoms with Gasteiger partial charge in [-0.2, -0.15) is 0 Å². The van der Waals surface area contributed by atoms with Crippen LogP contribution in [0.15, 0.2) is 54.6 Å². The predicted molar refractivity (Wildman–Crippen MR) is 106 cm³/mol. The first-order valence-electron chi connectivity index (χ1n) is 8.46. The van der Waals surface area contributed by atoms with Crippen molar-refractivity contribution in [1.29, 1.82) is 0 Å². The van der Waals surface area contributed by atoms with Gasteiger partial charge in [0.1, 0.15) is 18.2 Å². The molecule has 1 N–H and O–H groups in total. The van der Waals surface area contributed by atoms with Crippen molar-refractivity contribution in [1.82, 2.24) is 0 Å². The molecule has 4 nitrogen and oxygen atoms in total. The largest absolute Gasteiger partial charge is 0.489 e. The van der Waals surface area contributed by atoms with Crippen LogP contribution in [0.1, 0.15) is 15.2 Å². The summed E-state index contributed by atoms with van der Waals surface area (Å²) >= 11 is 1.35. The second kappa shape index (κ2) is 8.79. The number of nitrogens with one attached hydrogen (secondary N) is 1. The fourth-order valence-electron chi connectivity index (χ4n) is 2.50. The molecule has 1 heterocycles. The van der Waals surface area contributed by atoms with Gasteiger partial charge in [-0.15, -0.1) is 11.3 Å². The maximum absolute atomic E-state index is 13.1. The lowest BCUT2D eigenvalue weighted by Crippen LogP contribution is -2.12. The molecule has 0 unspecified atom stereocenters. The summed E-state index contributed by atoms with van der Waals surface area (Å²) in [7, 11) is 1.61. The van der Waals surface area contributed by atoms with Crippen molar-refractivity contribution in [2.45, 2.75) is 6.92 Å². The number of thiophene rings is 1. The van der Waals surface area contributed by atoms with E-state index in [0.717, 1.165) is 16.0 Å². The van der Waals surface area contributed by atoms with E-state index in [1.807, 2.05) is 31.2 Å². The van der Waals surface area contributed by atoms with Crippen molar-refractivity contribution in [3.8, 4) is 16.2 Å². The molecule has 0 atom stereocenters. The number of anilines is 1. The standard InChI is InChI=1S/C21H20FNO3S/c1-14-3-8-17(18(13-14)26-12-11-25-2)23-21(24)20-10-9-19(27-20)15-4-6-16(22)7-5-15/h3-10,13H,11-12H2,1-2H3,(H,23,24). The molecular formula is C21H20FNO3S. The van der Waals surface area contributed by atoms with Crippen molar-refractivity contribution in [3.05, 3.63) is 70.9 Å². The SMILES string of the molecule is COCCOc1cc(C)ccc1NC(=O)c1ccc(-c2ccc(F)cc2)s1. The first-order valence-corrected chi connectivity index (χ1v) is 9.28. The molecule has 0 bridgehead atoms. The van der Waals surface area contributed by atoms with Crippen LogP contribution < -0.4 is 10.1 Å². The number of benzene rings is 2. The predicted octanol–water partition coefficient (Wildman–Crippen LogP) is 5.14. The molecule has 1 aromatic heterocycles. The molecule has 6 heteroatoms. The number of hydrogen-bond donors (Lipinski definition) is 1. The van der Waals surface area contributed by atoms with Crippen LogP contribution >= 0.6 is 11.3 Å². The molecule has 0 spiro atoms. The maximum Gasteiger partial charge on any atom is 0.265 e. The summed E-state index contributed by atoms with van der Waals surface area (Å²) in [6, 6.07) is 15.4. The Bertz CT molecular complexity index is 921. The Hall–Kier alpha value is -2.70. The molecule has 0 radical (unpaired) electrons. The summed E-state index contributed by atoms with van der Waals surface area (Å²) in [5, 5.41) is 2.90. The first-order chi connectivity index (χ1) is 13.1. The third-order valence-electron chi connectivity index (χ3n) is 3.89. The smallest absolute Gasteiger partial charge is 0.265 e. The van der Waals surface area contributed by atoms with E-state index in [1.54, 1.807) is 25.3 Å². The Morgan fingerprint density at radius 2 is 1.85 bits per heavy atom. The molecular weight excluding hydrogens is 365 g/mol. The average Bonchev–Trinajstić information content (AvgIpc) is 3.15. The summed E-state index contributed by atoms with van der Waals surface area (Å²) in [6.45, 7) is 2.83. The number of rotatable bonds is 7. The van der Waals surface area contributed by atoms with Crippen LogP contribution in [0.25, 0.3) is 10.4 Å². The highest BCUT2D eigenvalue weighted by atomic mass is 32.1. The van der Waals surface area contributed by atoms with E-state index < -0.39 is 0 Å². The number of aryl methyl sites for hydroxylation is 1. The van der Waals surface area contributed by atoms with Gasteiger partial charge in [0.2, 0.25) is 0 Å². The van der Waals surface area contributed by atoms with E-state index in [9.17, 15) is 9.18 Å². The van der Waals surface area contributed by atoms with Crippen molar-refractivity contribution in [2.24, 2.45) is 0 Å². The lowest BCUT2D eigenvalue weighted by molar-refractivity contribution is 0.102. The molecule has 2 aromatic carbocycles. The summed E-state index contributed by atoms with van der Waals surface area (Å²) < 4.78 is 23.8. The molecule has 0 aliphatic heterocycles.